The first-order valence-electron chi connectivity index (χ1n) is 7.05. The number of nitrogens with one attached hydrogen (secondary N) is 1. The maximum atomic E-state index is 12.3. The van der Waals surface area contributed by atoms with Crippen molar-refractivity contribution < 1.29 is 14.7 Å². The Morgan fingerprint density at radius 2 is 2.17 bits per heavy atom. The number of amides is 2. The number of hydrogen-bond donors (Lipinski definition) is 2. The summed E-state index contributed by atoms with van der Waals surface area (Å²) in [5.41, 5.74) is 0.750. The van der Waals surface area contributed by atoms with E-state index >= 15 is 0 Å². The summed E-state index contributed by atoms with van der Waals surface area (Å²) in [6.07, 6.45) is 1.61. The molecule has 2 heterocycles. The molecule has 3 rings (SSSR count). The van der Waals surface area contributed by atoms with E-state index in [1.54, 1.807) is 11.0 Å². The fraction of sp³-hybridized carbons (Fsp3) is 0.188. The van der Waals surface area contributed by atoms with Gasteiger partial charge in [0, 0.05) is 29.3 Å². The van der Waals surface area contributed by atoms with Crippen molar-refractivity contribution >= 4 is 39.2 Å². The van der Waals surface area contributed by atoms with E-state index in [1.165, 1.54) is 12.3 Å². The molecule has 1 atom stereocenters. The molecule has 118 valence electrons. The van der Waals surface area contributed by atoms with Gasteiger partial charge < -0.3 is 15.3 Å². The number of carbonyl (C=O) groups excluding carboxylic acids is 2. The Morgan fingerprint density at radius 3 is 2.91 bits per heavy atom. The van der Waals surface area contributed by atoms with Crippen LogP contribution >= 0.6 is 15.9 Å². The average Bonchev–Trinajstić information content (AvgIpc) is 2.92. The minimum Gasteiger partial charge on any atom is -0.504 e. The predicted molar refractivity (Wildman–Crippen MR) is 89.1 cm³/mol. The second-order valence-corrected chi connectivity index (χ2v) is 6.16. The Kier molecular flexibility index (Phi) is 4.29. The molecule has 2 aromatic rings. The smallest absolute Gasteiger partial charge is 0.231 e. The predicted octanol–water partition coefficient (Wildman–Crippen LogP) is 2.54. The zero-order valence-electron chi connectivity index (χ0n) is 12.1. The van der Waals surface area contributed by atoms with Crippen molar-refractivity contribution in [2.45, 2.75) is 6.42 Å². The van der Waals surface area contributed by atoms with Gasteiger partial charge in [-0.2, -0.15) is 0 Å². The van der Waals surface area contributed by atoms with E-state index in [1.807, 2.05) is 24.3 Å². The second-order valence-electron chi connectivity index (χ2n) is 5.25. The van der Waals surface area contributed by atoms with E-state index in [4.69, 9.17) is 0 Å². The fourth-order valence-electron chi connectivity index (χ4n) is 2.49. The third kappa shape index (κ3) is 3.34. The molecule has 1 saturated heterocycles. The summed E-state index contributed by atoms with van der Waals surface area (Å²) in [7, 11) is 0. The lowest BCUT2D eigenvalue weighted by Gasteiger charge is -2.17. The van der Waals surface area contributed by atoms with Crippen LogP contribution in [0.5, 0.6) is 5.75 Å². The van der Waals surface area contributed by atoms with Gasteiger partial charge in [-0.1, -0.05) is 22.0 Å². The third-order valence-electron chi connectivity index (χ3n) is 3.64. The number of carbonyl (C=O) groups is 2. The minimum absolute atomic E-state index is 0.103. The molecule has 1 aliphatic heterocycles. The van der Waals surface area contributed by atoms with Crippen molar-refractivity contribution in [3.63, 3.8) is 0 Å². The number of aromatic hydroxyl groups is 1. The van der Waals surface area contributed by atoms with Gasteiger partial charge in [-0.3, -0.25) is 9.59 Å². The second kappa shape index (κ2) is 6.37. The highest BCUT2D eigenvalue weighted by Gasteiger charge is 2.35. The number of anilines is 2. The van der Waals surface area contributed by atoms with Gasteiger partial charge in [0.05, 0.1) is 5.92 Å². The largest absolute Gasteiger partial charge is 0.504 e. The van der Waals surface area contributed by atoms with Crippen LogP contribution in [0.1, 0.15) is 6.42 Å². The Morgan fingerprint density at radius 1 is 1.35 bits per heavy atom. The zero-order valence-corrected chi connectivity index (χ0v) is 13.7. The summed E-state index contributed by atoms with van der Waals surface area (Å²) in [6.45, 7) is 0.300. The average molecular weight is 376 g/mol. The van der Waals surface area contributed by atoms with Gasteiger partial charge in [0.1, 0.15) is 0 Å². The molecule has 0 saturated carbocycles. The topological polar surface area (TPSA) is 82.5 Å². The summed E-state index contributed by atoms with van der Waals surface area (Å²) < 4.78 is 0.870. The molecule has 0 radical (unpaired) electrons. The first-order valence-corrected chi connectivity index (χ1v) is 7.84. The fourth-order valence-corrected chi connectivity index (χ4v) is 2.88. The van der Waals surface area contributed by atoms with Crippen molar-refractivity contribution in [3.8, 4) is 5.75 Å². The molecule has 6 nitrogen and oxygen atoms in total. The van der Waals surface area contributed by atoms with Crippen LogP contribution < -0.4 is 10.2 Å². The van der Waals surface area contributed by atoms with Gasteiger partial charge >= 0.3 is 0 Å². The van der Waals surface area contributed by atoms with Crippen LogP contribution in [-0.4, -0.2) is 28.4 Å². The number of halogens is 1. The van der Waals surface area contributed by atoms with Crippen LogP contribution in [0.3, 0.4) is 0 Å². The van der Waals surface area contributed by atoms with Crippen LogP contribution in [0, 0.1) is 5.92 Å². The number of aromatic nitrogens is 1. The molecule has 1 aromatic heterocycles. The van der Waals surface area contributed by atoms with Gasteiger partial charge in [-0.15, -0.1) is 0 Å². The van der Waals surface area contributed by atoms with Crippen molar-refractivity contribution in [2.24, 2.45) is 5.92 Å². The van der Waals surface area contributed by atoms with Gasteiger partial charge in [0.25, 0.3) is 0 Å². The van der Waals surface area contributed by atoms with Gasteiger partial charge in [-0.25, -0.2) is 4.98 Å². The Hall–Kier alpha value is -2.41. The molecule has 2 amide bonds. The molecule has 23 heavy (non-hydrogen) atoms. The first-order chi connectivity index (χ1) is 11.0. The summed E-state index contributed by atoms with van der Waals surface area (Å²) >= 11 is 3.37. The van der Waals surface area contributed by atoms with Crippen molar-refractivity contribution in [2.75, 3.05) is 16.8 Å². The van der Waals surface area contributed by atoms with Crippen molar-refractivity contribution in [3.05, 3.63) is 47.1 Å². The van der Waals surface area contributed by atoms with Gasteiger partial charge in [0.15, 0.2) is 11.6 Å². The molecular weight excluding hydrogens is 362 g/mol. The van der Waals surface area contributed by atoms with E-state index in [0.29, 0.717) is 6.54 Å². The molecule has 0 bridgehead atoms. The van der Waals surface area contributed by atoms with E-state index in [0.717, 1.165) is 10.2 Å². The lowest BCUT2D eigenvalue weighted by molar-refractivity contribution is -0.122. The molecule has 1 aromatic carbocycles. The SMILES string of the molecule is O=C(Nc1ncccc1O)C1CC(=O)N(c2cccc(Br)c2)C1. The highest BCUT2D eigenvalue weighted by atomic mass is 79.9. The maximum absolute atomic E-state index is 12.3. The summed E-state index contributed by atoms with van der Waals surface area (Å²) in [6, 6.07) is 10.4. The van der Waals surface area contributed by atoms with Crippen LogP contribution in [0.15, 0.2) is 47.1 Å². The monoisotopic (exact) mass is 375 g/mol. The normalized spacial score (nSPS) is 17.3. The molecule has 0 spiro atoms. The van der Waals surface area contributed by atoms with E-state index in [2.05, 4.69) is 26.2 Å². The zero-order chi connectivity index (χ0) is 16.4. The lowest BCUT2D eigenvalue weighted by atomic mass is 10.1. The van der Waals surface area contributed by atoms with Crippen LogP contribution in [0.2, 0.25) is 0 Å². The van der Waals surface area contributed by atoms with Crippen molar-refractivity contribution in [1.82, 2.24) is 4.98 Å². The van der Waals surface area contributed by atoms with Crippen molar-refractivity contribution in [1.29, 1.82) is 0 Å². The standard InChI is InChI=1S/C16H14BrN3O3/c17-11-3-1-4-12(8-11)20-9-10(7-14(20)22)16(23)19-15-13(21)5-2-6-18-15/h1-6,8,10,21H,7,9H2,(H,18,19,23). The molecule has 0 aliphatic carbocycles. The lowest BCUT2D eigenvalue weighted by Crippen LogP contribution is -2.28. The van der Waals surface area contributed by atoms with E-state index in [9.17, 15) is 14.7 Å². The molecule has 1 aliphatic rings. The summed E-state index contributed by atoms with van der Waals surface area (Å²) in [4.78, 5) is 30.0. The quantitative estimate of drug-likeness (QED) is 0.863. The minimum atomic E-state index is -0.483. The number of rotatable bonds is 3. The molecule has 1 fully saturated rings. The summed E-state index contributed by atoms with van der Waals surface area (Å²) in [5.74, 6) is -0.916. The Labute approximate surface area is 141 Å². The Balaban J connectivity index is 1.72. The van der Waals surface area contributed by atoms with Crippen LogP contribution in [-0.2, 0) is 9.59 Å². The number of pyridine rings is 1. The van der Waals surface area contributed by atoms with E-state index < -0.39 is 5.92 Å². The third-order valence-corrected chi connectivity index (χ3v) is 4.14. The highest BCUT2D eigenvalue weighted by molar-refractivity contribution is 9.10. The number of benzene rings is 1. The maximum Gasteiger partial charge on any atom is 0.231 e. The van der Waals surface area contributed by atoms with Gasteiger partial charge in [0.2, 0.25) is 11.8 Å². The Bertz CT molecular complexity index is 766. The number of hydrogen-bond acceptors (Lipinski definition) is 4. The van der Waals surface area contributed by atoms with Gasteiger partial charge in [-0.05, 0) is 30.3 Å². The van der Waals surface area contributed by atoms with Crippen LogP contribution in [0.25, 0.3) is 0 Å². The molecule has 1 unspecified atom stereocenters. The van der Waals surface area contributed by atoms with Crippen LogP contribution in [0.4, 0.5) is 11.5 Å². The molecule has 7 heteroatoms. The number of nitrogens with zero attached hydrogens (tertiary/aromatic N) is 2. The van der Waals surface area contributed by atoms with E-state index in [-0.39, 0.29) is 29.8 Å². The molecular formula is C16H14BrN3O3. The first kappa shape index (κ1) is 15.5. The highest BCUT2D eigenvalue weighted by Crippen LogP contribution is 2.28. The summed E-state index contributed by atoms with van der Waals surface area (Å²) in [5, 5.41) is 12.2. The molecule has 2 N–H and O–H groups in total.